The molecule has 4 aromatic rings. The van der Waals surface area contributed by atoms with Crippen molar-refractivity contribution in [3.05, 3.63) is 83.6 Å². The zero-order valence-corrected chi connectivity index (χ0v) is 18.3. The van der Waals surface area contributed by atoms with Gasteiger partial charge in [-0.05, 0) is 42.5 Å². The fourth-order valence-electron chi connectivity index (χ4n) is 3.01. The summed E-state index contributed by atoms with van der Waals surface area (Å²) in [6.07, 6.45) is -1.34. The third-order valence-corrected chi connectivity index (χ3v) is 5.73. The zero-order valence-electron chi connectivity index (χ0n) is 16.8. The Kier molecular flexibility index (Phi) is 6.66. The maximum atomic E-state index is 13.1. The van der Waals surface area contributed by atoms with Crippen molar-refractivity contribution >= 4 is 35.0 Å². The van der Waals surface area contributed by atoms with Gasteiger partial charge in [-0.25, -0.2) is 0 Å². The third kappa shape index (κ3) is 5.35. The van der Waals surface area contributed by atoms with E-state index in [4.69, 9.17) is 11.6 Å². The average molecular weight is 490 g/mol. The number of nitrogens with zero attached hydrogens (tertiary/aromatic N) is 4. The number of halogens is 4. The van der Waals surface area contributed by atoms with Gasteiger partial charge in [-0.2, -0.15) is 13.2 Å². The van der Waals surface area contributed by atoms with Gasteiger partial charge in [-0.1, -0.05) is 41.6 Å². The summed E-state index contributed by atoms with van der Waals surface area (Å²) in [6.45, 7) is 0. The van der Waals surface area contributed by atoms with Gasteiger partial charge in [0.1, 0.15) is 0 Å². The van der Waals surface area contributed by atoms with Crippen LogP contribution in [0.1, 0.15) is 5.56 Å². The van der Waals surface area contributed by atoms with Crippen LogP contribution in [0.3, 0.4) is 0 Å². The van der Waals surface area contributed by atoms with Crippen molar-refractivity contribution < 1.29 is 18.0 Å². The molecule has 1 N–H and O–H groups in total. The van der Waals surface area contributed by atoms with Gasteiger partial charge < -0.3 is 5.32 Å². The molecule has 2 aromatic carbocycles. The average Bonchev–Trinajstić information content (AvgIpc) is 3.23. The molecule has 4 rings (SSSR count). The first-order valence-electron chi connectivity index (χ1n) is 9.53. The van der Waals surface area contributed by atoms with Crippen molar-refractivity contribution in [3.63, 3.8) is 0 Å². The molecule has 6 nitrogen and oxygen atoms in total. The fourth-order valence-corrected chi connectivity index (χ4v) is 3.99. The summed E-state index contributed by atoms with van der Waals surface area (Å²) in [5.74, 6) is -0.0202. The predicted octanol–water partition coefficient (Wildman–Crippen LogP) is 5.73. The predicted molar refractivity (Wildman–Crippen MR) is 120 cm³/mol. The highest BCUT2D eigenvalue weighted by molar-refractivity contribution is 7.99. The van der Waals surface area contributed by atoms with E-state index in [1.54, 1.807) is 29.1 Å². The molecule has 168 valence electrons. The standard InChI is InChI=1S/C22H15ClF3N5OS/c23-18-7-6-15(12-17(18)22(24,25)26)28-19(32)13-33-21-30-29-20(14-8-10-27-11-9-14)31(21)16-4-2-1-3-5-16/h1-12H,13H2,(H,28,32). The van der Waals surface area contributed by atoms with Gasteiger partial charge in [0.25, 0.3) is 0 Å². The highest BCUT2D eigenvalue weighted by Crippen LogP contribution is 2.36. The number of alkyl halides is 3. The topological polar surface area (TPSA) is 72.7 Å². The molecule has 0 unspecified atom stereocenters. The molecule has 0 saturated carbocycles. The van der Waals surface area contributed by atoms with Crippen molar-refractivity contribution in [2.24, 2.45) is 0 Å². The Labute approximate surface area is 195 Å². The molecule has 11 heteroatoms. The van der Waals surface area contributed by atoms with E-state index in [9.17, 15) is 18.0 Å². The highest BCUT2D eigenvalue weighted by Gasteiger charge is 2.33. The first kappa shape index (κ1) is 22.8. The number of carbonyl (C=O) groups excluding carboxylic acids is 1. The molecule has 33 heavy (non-hydrogen) atoms. The van der Waals surface area contributed by atoms with Gasteiger partial charge >= 0.3 is 6.18 Å². The summed E-state index contributed by atoms with van der Waals surface area (Å²) in [7, 11) is 0. The number of thioether (sulfide) groups is 1. The molecular formula is C22H15ClF3N5OS. The number of aromatic nitrogens is 4. The van der Waals surface area contributed by atoms with Crippen LogP contribution in [-0.4, -0.2) is 31.4 Å². The number of carbonyl (C=O) groups is 1. The van der Waals surface area contributed by atoms with Gasteiger partial charge in [0.2, 0.25) is 5.91 Å². The maximum absolute atomic E-state index is 13.1. The Morgan fingerprint density at radius 3 is 2.45 bits per heavy atom. The minimum atomic E-state index is -4.62. The van der Waals surface area contributed by atoms with E-state index in [0.29, 0.717) is 11.0 Å². The third-order valence-electron chi connectivity index (χ3n) is 4.47. The molecular weight excluding hydrogens is 475 g/mol. The summed E-state index contributed by atoms with van der Waals surface area (Å²) in [6, 6.07) is 16.2. The molecule has 0 spiro atoms. The molecule has 0 radical (unpaired) electrons. The normalized spacial score (nSPS) is 11.4. The first-order chi connectivity index (χ1) is 15.8. The zero-order chi connectivity index (χ0) is 23.4. The summed E-state index contributed by atoms with van der Waals surface area (Å²) in [5, 5.41) is 11.0. The Hall–Kier alpha value is -3.37. The second-order valence-corrected chi connectivity index (χ2v) is 8.09. The van der Waals surface area contributed by atoms with Crippen molar-refractivity contribution in [2.45, 2.75) is 11.3 Å². The largest absolute Gasteiger partial charge is 0.417 e. The second-order valence-electron chi connectivity index (χ2n) is 6.74. The van der Waals surface area contributed by atoms with Crippen LogP contribution in [-0.2, 0) is 11.0 Å². The summed E-state index contributed by atoms with van der Waals surface area (Å²) in [5.41, 5.74) is 0.572. The highest BCUT2D eigenvalue weighted by atomic mass is 35.5. The quantitative estimate of drug-likeness (QED) is 0.350. The lowest BCUT2D eigenvalue weighted by Crippen LogP contribution is -2.15. The second kappa shape index (κ2) is 9.63. The Morgan fingerprint density at radius 2 is 1.76 bits per heavy atom. The van der Waals surface area contributed by atoms with Gasteiger partial charge in [-0.15, -0.1) is 10.2 Å². The Morgan fingerprint density at radius 1 is 1.03 bits per heavy atom. The fraction of sp³-hybridized carbons (Fsp3) is 0.0909. The van der Waals surface area contributed by atoms with Crippen molar-refractivity contribution in [1.82, 2.24) is 19.7 Å². The Balaban J connectivity index is 1.54. The molecule has 1 amide bonds. The van der Waals surface area contributed by atoms with Crippen LogP contribution in [0, 0.1) is 0 Å². The maximum Gasteiger partial charge on any atom is 0.417 e. The first-order valence-corrected chi connectivity index (χ1v) is 10.9. The van der Waals surface area contributed by atoms with Gasteiger partial charge in [0.05, 0.1) is 16.3 Å². The van der Waals surface area contributed by atoms with Crippen LogP contribution in [0.5, 0.6) is 0 Å². The van der Waals surface area contributed by atoms with Gasteiger partial charge in [-0.3, -0.25) is 14.3 Å². The van der Waals surface area contributed by atoms with Gasteiger partial charge in [0.15, 0.2) is 11.0 Å². The molecule has 0 bridgehead atoms. The van der Waals surface area contributed by atoms with E-state index in [-0.39, 0.29) is 11.4 Å². The van der Waals surface area contributed by atoms with E-state index in [2.05, 4.69) is 20.5 Å². The number of anilines is 1. The number of hydrogen-bond acceptors (Lipinski definition) is 5. The number of amides is 1. The van der Waals surface area contributed by atoms with E-state index >= 15 is 0 Å². The molecule has 2 aromatic heterocycles. The minimum Gasteiger partial charge on any atom is -0.325 e. The van der Waals surface area contributed by atoms with Crippen LogP contribution in [0.15, 0.2) is 78.2 Å². The number of nitrogens with one attached hydrogen (secondary N) is 1. The lowest BCUT2D eigenvalue weighted by Gasteiger charge is -2.12. The lowest BCUT2D eigenvalue weighted by molar-refractivity contribution is -0.137. The van der Waals surface area contributed by atoms with Crippen molar-refractivity contribution in [3.8, 4) is 17.1 Å². The molecule has 0 aliphatic rings. The lowest BCUT2D eigenvalue weighted by atomic mass is 10.2. The monoisotopic (exact) mass is 489 g/mol. The molecule has 0 atom stereocenters. The van der Waals surface area contributed by atoms with Crippen LogP contribution in [0.2, 0.25) is 5.02 Å². The SMILES string of the molecule is O=C(CSc1nnc(-c2ccncc2)n1-c1ccccc1)Nc1ccc(Cl)c(C(F)(F)F)c1. The van der Waals surface area contributed by atoms with Crippen molar-refractivity contribution in [1.29, 1.82) is 0 Å². The van der Waals surface area contributed by atoms with E-state index in [1.165, 1.54) is 6.07 Å². The molecule has 0 aliphatic carbocycles. The summed E-state index contributed by atoms with van der Waals surface area (Å²) < 4.78 is 41.0. The Bertz CT molecular complexity index is 1270. The number of rotatable bonds is 6. The number of benzene rings is 2. The molecule has 2 heterocycles. The van der Waals surface area contributed by atoms with Crippen LogP contribution in [0.4, 0.5) is 18.9 Å². The van der Waals surface area contributed by atoms with Crippen LogP contribution < -0.4 is 5.32 Å². The van der Waals surface area contributed by atoms with Gasteiger partial charge in [0, 0.05) is 29.3 Å². The minimum absolute atomic E-state index is 0.000624. The number of para-hydroxylation sites is 1. The molecule has 0 fully saturated rings. The van der Waals surface area contributed by atoms with E-state index in [1.807, 2.05) is 30.3 Å². The number of hydrogen-bond donors (Lipinski definition) is 1. The van der Waals surface area contributed by atoms with Crippen LogP contribution >= 0.6 is 23.4 Å². The summed E-state index contributed by atoms with van der Waals surface area (Å²) in [4.78, 5) is 16.5. The van der Waals surface area contributed by atoms with Crippen molar-refractivity contribution in [2.75, 3.05) is 11.1 Å². The van der Waals surface area contributed by atoms with E-state index in [0.717, 1.165) is 35.1 Å². The van der Waals surface area contributed by atoms with E-state index < -0.39 is 22.7 Å². The summed E-state index contributed by atoms with van der Waals surface area (Å²) >= 11 is 6.74. The molecule has 0 saturated heterocycles. The number of pyridine rings is 1. The van der Waals surface area contributed by atoms with Crippen LogP contribution in [0.25, 0.3) is 17.1 Å². The smallest absolute Gasteiger partial charge is 0.325 e. The molecule has 0 aliphatic heterocycles.